The number of carboxylic acids is 1. The molecule has 0 bridgehead atoms. The van der Waals surface area contributed by atoms with Gasteiger partial charge in [-0.05, 0) is 31.0 Å². The van der Waals surface area contributed by atoms with Gasteiger partial charge < -0.3 is 9.84 Å². The Labute approximate surface area is 108 Å². The van der Waals surface area contributed by atoms with Crippen molar-refractivity contribution in [1.29, 1.82) is 0 Å². The lowest BCUT2D eigenvalue weighted by atomic mass is 9.80. The van der Waals surface area contributed by atoms with E-state index in [1.165, 1.54) is 0 Å². The van der Waals surface area contributed by atoms with Crippen LogP contribution in [0.1, 0.15) is 10.6 Å². The molecule has 94 valence electrons. The average Bonchev–Trinajstić information content (AvgIpc) is 2.62. The molecule has 2 aromatic rings. The fraction of sp³-hybridized carbons (Fsp3) is 0.385. The molecule has 4 nitrogen and oxygen atoms in total. The van der Waals surface area contributed by atoms with E-state index in [4.69, 9.17) is 4.74 Å². The minimum atomic E-state index is -0.769. The van der Waals surface area contributed by atoms with Crippen LogP contribution in [0.2, 0.25) is 0 Å². The zero-order valence-electron chi connectivity index (χ0n) is 9.97. The Balaban J connectivity index is 1.92. The number of aromatic nitrogens is 1. The van der Waals surface area contributed by atoms with Crippen LogP contribution in [0.25, 0.3) is 10.2 Å². The number of thiazole rings is 1. The Morgan fingerprint density at radius 1 is 1.56 bits per heavy atom. The van der Waals surface area contributed by atoms with Crippen LogP contribution in [0.15, 0.2) is 18.2 Å². The van der Waals surface area contributed by atoms with Crippen molar-refractivity contribution in [2.45, 2.75) is 13.3 Å². The van der Waals surface area contributed by atoms with Gasteiger partial charge >= 0.3 is 5.97 Å². The van der Waals surface area contributed by atoms with Crippen LogP contribution in [0.5, 0.6) is 0 Å². The predicted molar refractivity (Wildman–Crippen MR) is 68.9 cm³/mol. The lowest BCUT2D eigenvalue weighted by Gasteiger charge is -2.37. The smallest absolute Gasteiger partial charge is 0.314 e. The van der Waals surface area contributed by atoms with Gasteiger partial charge in [0.05, 0.1) is 28.4 Å². The maximum absolute atomic E-state index is 11.3. The topological polar surface area (TPSA) is 59.4 Å². The van der Waals surface area contributed by atoms with Crippen LogP contribution in [0, 0.1) is 12.3 Å². The summed E-state index contributed by atoms with van der Waals surface area (Å²) in [5.74, 6) is -0.769. The molecule has 0 amide bonds. The van der Waals surface area contributed by atoms with Crippen molar-refractivity contribution in [3.05, 3.63) is 28.8 Å². The maximum Gasteiger partial charge on any atom is 0.314 e. The molecule has 2 heterocycles. The van der Waals surface area contributed by atoms with Gasteiger partial charge in [0, 0.05) is 0 Å². The Morgan fingerprint density at radius 3 is 2.94 bits per heavy atom. The van der Waals surface area contributed by atoms with Crippen molar-refractivity contribution in [2.75, 3.05) is 13.2 Å². The molecule has 18 heavy (non-hydrogen) atoms. The van der Waals surface area contributed by atoms with Crippen LogP contribution < -0.4 is 0 Å². The molecule has 0 radical (unpaired) electrons. The van der Waals surface area contributed by atoms with Crippen molar-refractivity contribution in [1.82, 2.24) is 4.98 Å². The highest BCUT2D eigenvalue weighted by molar-refractivity contribution is 7.18. The number of benzene rings is 1. The fourth-order valence-electron chi connectivity index (χ4n) is 2.23. The van der Waals surface area contributed by atoms with Gasteiger partial charge in [-0.2, -0.15) is 0 Å². The molecule has 1 saturated heterocycles. The molecule has 1 aromatic heterocycles. The number of aliphatic carboxylic acids is 1. The Kier molecular flexibility index (Phi) is 2.60. The molecule has 3 rings (SSSR count). The van der Waals surface area contributed by atoms with Crippen molar-refractivity contribution >= 4 is 27.5 Å². The molecular weight excluding hydrogens is 250 g/mol. The second-order valence-corrected chi connectivity index (χ2v) is 6.02. The molecule has 0 aliphatic carbocycles. The zero-order chi connectivity index (χ0) is 12.8. The number of rotatable bonds is 3. The van der Waals surface area contributed by atoms with Crippen molar-refractivity contribution in [3.8, 4) is 0 Å². The molecule has 0 unspecified atom stereocenters. The van der Waals surface area contributed by atoms with Gasteiger partial charge in [-0.25, -0.2) is 4.98 Å². The molecule has 1 fully saturated rings. The van der Waals surface area contributed by atoms with Gasteiger partial charge in [0.25, 0.3) is 0 Å². The van der Waals surface area contributed by atoms with E-state index in [2.05, 4.69) is 4.98 Å². The van der Waals surface area contributed by atoms with Gasteiger partial charge in [-0.3, -0.25) is 4.79 Å². The van der Waals surface area contributed by atoms with Gasteiger partial charge in [0.2, 0.25) is 0 Å². The van der Waals surface area contributed by atoms with E-state index in [1.54, 1.807) is 11.3 Å². The minimum absolute atomic E-state index is 0.308. The first-order valence-electron chi connectivity index (χ1n) is 5.76. The summed E-state index contributed by atoms with van der Waals surface area (Å²) in [7, 11) is 0. The fourth-order valence-corrected chi connectivity index (χ4v) is 3.13. The molecule has 1 aliphatic heterocycles. The Hall–Kier alpha value is -1.46. The SMILES string of the molecule is Cc1nc2ccc(CC3(C(=O)O)COC3)cc2s1. The molecule has 0 atom stereocenters. The van der Waals surface area contributed by atoms with Gasteiger partial charge in [0.1, 0.15) is 5.41 Å². The molecule has 5 heteroatoms. The number of hydrogen-bond donors (Lipinski definition) is 1. The third-order valence-electron chi connectivity index (χ3n) is 3.31. The maximum atomic E-state index is 11.3. The highest BCUT2D eigenvalue weighted by atomic mass is 32.1. The van der Waals surface area contributed by atoms with E-state index in [0.717, 1.165) is 20.8 Å². The second-order valence-electron chi connectivity index (χ2n) is 4.79. The monoisotopic (exact) mass is 263 g/mol. The first kappa shape index (κ1) is 11.6. The normalized spacial score (nSPS) is 17.6. The Morgan fingerprint density at radius 2 is 2.33 bits per heavy atom. The summed E-state index contributed by atoms with van der Waals surface area (Å²) in [6.07, 6.45) is 0.523. The van der Waals surface area contributed by atoms with Crippen LogP contribution in [0.3, 0.4) is 0 Å². The number of carboxylic acid groups (broad SMARTS) is 1. The second kappa shape index (κ2) is 4.03. The molecule has 0 saturated carbocycles. The third kappa shape index (κ3) is 1.79. The average molecular weight is 263 g/mol. The number of carbonyl (C=O) groups is 1. The number of hydrogen-bond acceptors (Lipinski definition) is 4. The lowest BCUT2D eigenvalue weighted by molar-refractivity contribution is -0.179. The number of aryl methyl sites for hydroxylation is 1. The van der Waals surface area contributed by atoms with Crippen LogP contribution in [-0.2, 0) is 16.0 Å². The molecular formula is C13H13NO3S. The summed E-state index contributed by atoms with van der Waals surface area (Å²) in [5, 5.41) is 10.3. The van der Waals surface area contributed by atoms with Crippen LogP contribution in [0.4, 0.5) is 0 Å². The summed E-state index contributed by atoms with van der Waals surface area (Å²) >= 11 is 1.64. The predicted octanol–water partition coefficient (Wildman–Crippen LogP) is 2.25. The van der Waals surface area contributed by atoms with E-state index in [0.29, 0.717) is 19.6 Å². The standard InChI is InChI=1S/C13H13NO3S/c1-8-14-10-3-2-9(4-11(10)18-8)5-13(12(15)16)6-17-7-13/h2-4H,5-7H2,1H3,(H,15,16). The minimum Gasteiger partial charge on any atom is -0.481 e. The zero-order valence-corrected chi connectivity index (χ0v) is 10.8. The van der Waals surface area contributed by atoms with E-state index in [-0.39, 0.29) is 0 Å². The molecule has 1 N–H and O–H groups in total. The van der Waals surface area contributed by atoms with Crippen LogP contribution >= 0.6 is 11.3 Å². The van der Waals surface area contributed by atoms with Gasteiger partial charge in [0.15, 0.2) is 0 Å². The third-order valence-corrected chi connectivity index (χ3v) is 4.25. The van der Waals surface area contributed by atoms with Gasteiger partial charge in [-0.15, -0.1) is 11.3 Å². The Bertz CT molecular complexity index is 616. The lowest BCUT2D eigenvalue weighted by Crippen LogP contribution is -2.50. The van der Waals surface area contributed by atoms with Crippen molar-refractivity contribution in [3.63, 3.8) is 0 Å². The highest BCUT2D eigenvalue weighted by Gasteiger charge is 2.46. The summed E-state index contributed by atoms with van der Waals surface area (Å²) in [6, 6.07) is 5.97. The number of nitrogens with zero attached hydrogens (tertiary/aromatic N) is 1. The summed E-state index contributed by atoms with van der Waals surface area (Å²) < 4.78 is 6.19. The summed E-state index contributed by atoms with van der Waals surface area (Å²) in [5.41, 5.74) is 1.29. The highest BCUT2D eigenvalue weighted by Crippen LogP contribution is 2.33. The number of ether oxygens (including phenoxy) is 1. The quantitative estimate of drug-likeness (QED) is 0.922. The largest absolute Gasteiger partial charge is 0.481 e. The molecule has 1 aliphatic rings. The number of fused-ring (bicyclic) bond motifs is 1. The van der Waals surface area contributed by atoms with E-state index < -0.39 is 11.4 Å². The first-order chi connectivity index (χ1) is 8.59. The van der Waals surface area contributed by atoms with E-state index in [9.17, 15) is 9.90 Å². The van der Waals surface area contributed by atoms with Crippen molar-refractivity contribution < 1.29 is 14.6 Å². The first-order valence-corrected chi connectivity index (χ1v) is 6.58. The van der Waals surface area contributed by atoms with E-state index in [1.807, 2.05) is 25.1 Å². The molecule has 0 spiro atoms. The van der Waals surface area contributed by atoms with Gasteiger partial charge in [-0.1, -0.05) is 6.07 Å². The molecule has 1 aromatic carbocycles. The van der Waals surface area contributed by atoms with Crippen molar-refractivity contribution in [2.24, 2.45) is 5.41 Å². The van der Waals surface area contributed by atoms with Crippen LogP contribution in [-0.4, -0.2) is 29.3 Å². The summed E-state index contributed by atoms with van der Waals surface area (Å²) in [6.45, 7) is 2.59. The summed E-state index contributed by atoms with van der Waals surface area (Å²) in [4.78, 5) is 15.7. The van der Waals surface area contributed by atoms with E-state index >= 15 is 0 Å².